The summed E-state index contributed by atoms with van der Waals surface area (Å²) in [5.41, 5.74) is 1.28. The molecule has 1 aliphatic carbocycles. The van der Waals surface area contributed by atoms with Gasteiger partial charge in [-0.05, 0) is 72.9 Å². The lowest BCUT2D eigenvalue weighted by molar-refractivity contribution is -0.120. The molecule has 0 spiro atoms. The lowest BCUT2D eigenvalue weighted by atomic mass is 9.75. The molecule has 3 aromatic carbocycles. The van der Waals surface area contributed by atoms with Crippen LogP contribution in [0, 0.1) is 17.8 Å². The number of phenols is 1. The molecule has 220 valence electrons. The van der Waals surface area contributed by atoms with Crippen LogP contribution in [-0.4, -0.2) is 35.8 Å². The highest BCUT2D eigenvalue weighted by Gasteiger charge is 2.47. The molecule has 1 unspecified atom stereocenters. The van der Waals surface area contributed by atoms with Crippen LogP contribution in [0.25, 0.3) is 5.57 Å². The van der Waals surface area contributed by atoms with Gasteiger partial charge in [-0.25, -0.2) is 17.5 Å². The third kappa shape index (κ3) is 5.36. The number of carbonyl (C=O) groups excluding carboxylic acids is 2. The smallest absolute Gasteiger partial charge is 0.338 e. The molecule has 8 heteroatoms. The summed E-state index contributed by atoms with van der Waals surface area (Å²) >= 11 is 0. The van der Waals surface area contributed by atoms with E-state index in [9.17, 15) is 23.1 Å². The Morgan fingerprint density at radius 3 is 2.29 bits per heavy atom. The largest absolute Gasteiger partial charge is 0.507 e. The minimum Gasteiger partial charge on any atom is -0.507 e. The van der Waals surface area contributed by atoms with Crippen molar-refractivity contribution in [3.8, 4) is 5.75 Å². The van der Waals surface area contributed by atoms with Crippen molar-refractivity contribution in [3.63, 3.8) is 0 Å². The number of sulfonamides is 1. The average Bonchev–Trinajstić information content (AvgIpc) is 3.23. The van der Waals surface area contributed by atoms with Gasteiger partial charge < -0.3 is 9.84 Å². The number of benzene rings is 3. The Kier molecular flexibility index (Phi) is 8.28. The first-order valence-corrected chi connectivity index (χ1v) is 15.9. The first-order chi connectivity index (χ1) is 20.0. The maximum atomic E-state index is 14.1. The van der Waals surface area contributed by atoms with E-state index in [0.29, 0.717) is 23.0 Å². The number of ether oxygens (including phenoxy) is 1. The minimum absolute atomic E-state index is 0.0503. The van der Waals surface area contributed by atoms with Crippen molar-refractivity contribution in [2.24, 2.45) is 17.8 Å². The third-order valence-corrected chi connectivity index (χ3v) is 10.4. The molecule has 7 nitrogen and oxygen atoms in total. The molecular formula is C34H37NO6S. The quantitative estimate of drug-likeness (QED) is 0.307. The number of rotatable bonds is 7. The Hall–Kier alpha value is -3.91. The van der Waals surface area contributed by atoms with Gasteiger partial charge in [0.25, 0.3) is 15.9 Å². The molecule has 0 bridgehead atoms. The predicted molar refractivity (Wildman–Crippen MR) is 161 cm³/mol. The van der Waals surface area contributed by atoms with Crippen LogP contribution in [0.15, 0.2) is 89.3 Å². The Bertz CT molecular complexity index is 1630. The van der Waals surface area contributed by atoms with E-state index in [1.54, 1.807) is 67.6 Å². The fourth-order valence-corrected chi connectivity index (χ4v) is 7.99. The zero-order valence-corrected chi connectivity index (χ0v) is 25.2. The second-order valence-electron chi connectivity index (χ2n) is 11.8. The molecule has 1 fully saturated rings. The lowest BCUT2D eigenvalue weighted by Gasteiger charge is -2.37. The number of hydrogen-bond donors (Lipinski definition) is 1. The van der Waals surface area contributed by atoms with E-state index in [1.807, 2.05) is 0 Å². The highest BCUT2D eigenvalue weighted by atomic mass is 32.2. The van der Waals surface area contributed by atoms with Gasteiger partial charge in [-0.2, -0.15) is 0 Å². The zero-order valence-electron chi connectivity index (χ0n) is 24.4. The predicted octanol–water partition coefficient (Wildman–Crippen LogP) is 6.76. The van der Waals surface area contributed by atoms with Gasteiger partial charge in [0.05, 0.1) is 22.1 Å². The van der Waals surface area contributed by atoms with Crippen LogP contribution in [-0.2, 0) is 19.6 Å². The molecule has 0 radical (unpaired) electrons. The van der Waals surface area contributed by atoms with Gasteiger partial charge in [0.1, 0.15) is 11.9 Å². The van der Waals surface area contributed by atoms with E-state index in [-0.39, 0.29) is 39.4 Å². The van der Waals surface area contributed by atoms with E-state index in [0.717, 1.165) is 23.6 Å². The molecule has 4 atom stereocenters. The van der Waals surface area contributed by atoms with Crippen LogP contribution in [0.2, 0.25) is 0 Å². The molecule has 0 saturated heterocycles. The van der Waals surface area contributed by atoms with Crippen molar-refractivity contribution in [2.45, 2.75) is 64.0 Å². The van der Waals surface area contributed by atoms with Crippen molar-refractivity contribution < 1.29 is 27.9 Å². The number of esters is 1. The standard InChI is InChI=1S/C34H37NO6S/c1-21(2)25-19-18-22(3)20-30(25)41-34(38)27-15-9-8-14-26(27)32-23(4)31(28-16-10-11-17-29(28)36)33(37)35(32)42(39,40)24-12-6-5-7-13-24/h5-17,21-22,25,30,32,36H,18-20H2,1-4H3/t22-,25+,30-,32?/m1/s1. The van der Waals surface area contributed by atoms with Gasteiger partial charge in [-0.1, -0.05) is 81.8 Å². The Morgan fingerprint density at radius 1 is 0.952 bits per heavy atom. The van der Waals surface area contributed by atoms with Crippen LogP contribution >= 0.6 is 0 Å². The monoisotopic (exact) mass is 587 g/mol. The lowest BCUT2D eigenvalue weighted by Crippen LogP contribution is -2.38. The number of carbonyl (C=O) groups is 2. The fourth-order valence-electron chi connectivity index (χ4n) is 6.41. The normalized spacial score (nSPS) is 23.0. The highest BCUT2D eigenvalue weighted by molar-refractivity contribution is 7.89. The number of para-hydroxylation sites is 1. The molecule has 5 rings (SSSR count). The Labute approximate surface area is 247 Å². The number of phenolic OH excluding ortho intramolecular Hbond substituents is 1. The van der Waals surface area contributed by atoms with E-state index in [1.165, 1.54) is 18.2 Å². The van der Waals surface area contributed by atoms with E-state index < -0.39 is 27.9 Å². The van der Waals surface area contributed by atoms with Crippen LogP contribution in [0.3, 0.4) is 0 Å². The molecule has 42 heavy (non-hydrogen) atoms. The van der Waals surface area contributed by atoms with Gasteiger partial charge in [-0.15, -0.1) is 0 Å². The van der Waals surface area contributed by atoms with Gasteiger partial charge in [0.2, 0.25) is 0 Å². The maximum absolute atomic E-state index is 14.1. The zero-order chi connectivity index (χ0) is 30.2. The summed E-state index contributed by atoms with van der Waals surface area (Å²) in [6.07, 6.45) is 2.58. The average molecular weight is 588 g/mol. The second kappa shape index (κ2) is 11.8. The van der Waals surface area contributed by atoms with E-state index >= 15 is 0 Å². The summed E-state index contributed by atoms with van der Waals surface area (Å²) in [6.45, 7) is 8.11. The number of hydrogen-bond acceptors (Lipinski definition) is 6. The maximum Gasteiger partial charge on any atom is 0.338 e. The molecule has 1 N–H and O–H groups in total. The molecule has 0 aromatic heterocycles. The van der Waals surface area contributed by atoms with E-state index in [2.05, 4.69) is 20.8 Å². The van der Waals surface area contributed by atoms with Gasteiger partial charge in [0.15, 0.2) is 0 Å². The van der Waals surface area contributed by atoms with E-state index in [4.69, 9.17) is 4.74 Å². The van der Waals surface area contributed by atoms with Crippen LogP contribution in [0.4, 0.5) is 0 Å². The van der Waals surface area contributed by atoms with Crippen LogP contribution < -0.4 is 0 Å². The first kappa shape index (κ1) is 29.6. The topological polar surface area (TPSA) is 101 Å². The van der Waals surface area contributed by atoms with Crippen molar-refractivity contribution in [1.82, 2.24) is 4.31 Å². The number of amides is 1. The molecule has 2 aliphatic rings. The summed E-state index contributed by atoms with van der Waals surface area (Å²) in [6, 6.07) is 19.7. The fraction of sp³-hybridized carbons (Fsp3) is 0.353. The van der Waals surface area contributed by atoms with Crippen LogP contribution in [0.5, 0.6) is 5.75 Å². The van der Waals surface area contributed by atoms with Gasteiger partial charge in [0, 0.05) is 5.56 Å². The summed E-state index contributed by atoms with van der Waals surface area (Å²) < 4.78 is 35.2. The van der Waals surface area contributed by atoms with Crippen molar-refractivity contribution in [1.29, 1.82) is 0 Å². The number of aromatic hydroxyl groups is 1. The molecule has 1 heterocycles. The SMILES string of the molecule is CC1=C(c2ccccc2O)C(=O)N(S(=O)(=O)c2ccccc2)C1c1ccccc1C(=O)O[C@@H]1C[C@H](C)CC[C@H]1C(C)C. The highest BCUT2D eigenvalue weighted by Crippen LogP contribution is 2.47. The molecule has 1 aliphatic heterocycles. The minimum atomic E-state index is -4.36. The number of nitrogens with zero attached hydrogens (tertiary/aromatic N) is 1. The van der Waals surface area contributed by atoms with Gasteiger partial charge in [-0.3, -0.25) is 4.79 Å². The Morgan fingerprint density at radius 2 is 1.60 bits per heavy atom. The summed E-state index contributed by atoms with van der Waals surface area (Å²) in [5, 5.41) is 10.7. The first-order valence-electron chi connectivity index (χ1n) is 14.4. The van der Waals surface area contributed by atoms with Crippen molar-refractivity contribution in [3.05, 3.63) is 101 Å². The summed E-state index contributed by atoms with van der Waals surface area (Å²) in [5.74, 6) is -0.448. The van der Waals surface area contributed by atoms with Crippen LogP contribution in [0.1, 0.15) is 74.5 Å². The van der Waals surface area contributed by atoms with Gasteiger partial charge >= 0.3 is 5.97 Å². The van der Waals surface area contributed by atoms with Crippen molar-refractivity contribution >= 4 is 27.5 Å². The molecule has 3 aromatic rings. The summed E-state index contributed by atoms with van der Waals surface area (Å²) in [4.78, 5) is 27.9. The Balaban J connectivity index is 1.63. The molecule has 1 amide bonds. The molecule has 1 saturated carbocycles. The molecular weight excluding hydrogens is 550 g/mol. The third-order valence-electron chi connectivity index (χ3n) is 8.62. The summed E-state index contributed by atoms with van der Waals surface area (Å²) in [7, 11) is -4.36. The second-order valence-corrected chi connectivity index (χ2v) is 13.6. The van der Waals surface area contributed by atoms with Crippen molar-refractivity contribution in [2.75, 3.05) is 0 Å².